The summed E-state index contributed by atoms with van der Waals surface area (Å²) in [6.07, 6.45) is 3.51. The summed E-state index contributed by atoms with van der Waals surface area (Å²) in [5.74, 6) is -0.457. The molecular formula is C20H19Cl2N3O2. The van der Waals surface area contributed by atoms with E-state index < -0.39 is 5.91 Å². The van der Waals surface area contributed by atoms with Gasteiger partial charge in [-0.3, -0.25) is 10.2 Å². The number of rotatable bonds is 7. The first-order valence-electron chi connectivity index (χ1n) is 8.11. The fourth-order valence-corrected chi connectivity index (χ4v) is 2.77. The number of halogens is 2. The van der Waals surface area contributed by atoms with Crippen molar-refractivity contribution in [2.45, 2.75) is 13.5 Å². The highest BCUT2D eigenvalue weighted by atomic mass is 35.5. The van der Waals surface area contributed by atoms with Gasteiger partial charge in [-0.05, 0) is 25.1 Å². The molecule has 5 nitrogen and oxygen atoms in total. The van der Waals surface area contributed by atoms with Crippen LogP contribution in [0.15, 0.2) is 53.7 Å². The smallest absolute Gasteiger partial charge is 0.269 e. The summed E-state index contributed by atoms with van der Waals surface area (Å²) in [6.45, 7) is 1.91. The Morgan fingerprint density at radius 1 is 1.19 bits per heavy atom. The maximum absolute atomic E-state index is 11.7. The molecule has 0 fully saturated rings. The summed E-state index contributed by atoms with van der Waals surface area (Å²) in [4.78, 5) is 17.1. The van der Waals surface area contributed by atoms with Crippen LogP contribution < -0.4 is 5.32 Å². The van der Waals surface area contributed by atoms with E-state index in [2.05, 4.69) is 10.5 Å². The highest BCUT2D eigenvalue weighted by molar-refractivity contribution is 6.44. The first-order chi connectivity index (χ1) is 12.9. The normalized spacial score (nSPS) is 11.5. The molecule has 2 aromatic rings. The zero-order valence-electron chi connectivity index (χ0n) is 14.9. The van der Waals surface area contributed by atoms with E-state index in [1.54, 1.807) is 55.5 Å². The van der Waals surface area contributed by atoms with E-state index in [-0.39, 0.29) is 12.3 Å². The SMILES string of the molecule is CNC(=O)C(=N)c1ccccc1CON=C(C)/C=C/c1c(Cl)cccc1Cl. The molecule has 2 rings (SSSR count). The van der Waals surface area contributed by atoms with E-state index in [9.17, 15) is 4.79 Å². The first kappa shape index (κ1) is 20.7. The first-order valence-corrected chi connectivity index (χ1v) is 8.87. The molecule has 0 heterocycles. The molecule has 0 atom stereocenters. The molecule has 0 radical (unpaired) electrons. The fraction of sp³-hybridized carbons (Fsp3) is 0.150. The van der Waals surface area contributed by atoms with Gasteiger partial charge in [0.05, 0.1) is 5.71 Å². The van der Waals surface area contributed by atoms with Crippen LogP contribution in [-0.4, -0.2) is 24.4 Å². The average Bonchev–Trinajstić information content (AvgIpc) is 2.66. The minimum absolute atomic E-state index is 0.120. The number of carbonyl (C=O) groups is 1. The van der Waals surface area contributed by atoms with E-state index in [0.29, 0.717) is 32.4 Å². The molecule has 0 aliphatic carbocycles. The molecule has 0 saturated carbocycles. The van der Waals surface area contributed by atoms with Gasteiger partial charge in [0.15, 0.2) is 0 Å². The molecule has 2 N–H and O–H groups in total. The minimum atomic E-state index is -0.457. The lowest BCUT2D eigenvalue weighted by molar-refractivity contribution is -0.114. The second kappa shape index (κ2) is 9.90. The molecular weight excluding hydrogens is 385 g/mol. The van der Waals surface area contributed by atoms with Gasteiger partial charge in [-0.2, -0.15) is 0 Å². The second-order valence-electron chi connectivity index (χ2n) is 5.59. The van der Waals surface area contributed by atoms with Gasteiger partial charge in [-0.1, -0.05) is 64.8 Å². The third-order valence-electron chi connectivity index (χ3n) is 3.66. The van der Waals surface area contributed by atoms with E-state index >= 15 is 0 Å². The van der Waals surface area contributed by atoms with Crippen molar-refractivity contribution < 1.29 is 9.63 Å². The van der Waals surface area contributed by atoms with Crippen molar-refractivity contribution in [3.05, 3.63) is 75.3 Å². The van der Waals surface area contributed by atoms with Crippen LogP contribution in [0.3, 0.4) is 0 Å². The van der Waals surface area contributed by atoms with Crippen LogP contribution in [0.5, 0.6) is 0 Å². The third kappa shape index (κ3) is 5.67. The number of hydrogen-bond donors (Lipinski definition) is 2. The summed E-state index contributed by atoms with van der Waals surface area (Å²) in [5.41, 5.74) is 2.40. The number of nitrogens with one attached hydrogen (secondary N) is 2. The van der Waals surface area contributed by atoms with Crippen LogP contribution in [0.1, 0.15) is 23.6 Å². The van der Waals surface area contributed by atoms with Gasteiger partial charge in [-0.15, -0.1) is 0 Å². The van der Waals surface area contributed by atoms with Crippen molar-refractivity contribution in [3.63, 3.8) is 0 Å². The number of benzene rings is 2. The third-order valence-corrected chi connectivity index (χ3v) is 4.32. The van der Waals surface area contributed by atoms with Crippen molar-refractivity contribution in [3.8, 4) is 0 Å². The Kier molecular flexibility index (Phi) is 7.58. The van der Waals surface area contributed by atoms with Crippen molar-refractivity contribution in [2.24, 2.45) is 5.16 Å². The van der Waals surface area contributed by atoms with Crippen LogP contribution in [-0.2, 0) is 16.2 Å². The molecule has 1 amide bonds. The molecule has 0 aliphatic rings. The van der Waals surface area contributed by atoms with Gasteiger partial charge in [0.2, 0.25) is 0 Å². The lowest BCUT2D eigenvalue weighted by Gasteiger charge is -2.09. The molecule has 2 aromatic carbocycles. The highest BCUT2D eigenvalue weighted by Gasteiger charge is 2.14. The Morgan fingerprint density at radius 3 is 2.52 bits per heavy atom. The quantitative estimate of drug-likeness (QED) is 0.518. The van der Waals surface area contributed by atoms with Crippen molar-refractivity contribution in [1.82, 2.24) is 5.32 Å². The summed E-state index contributed by atoms with van der Waals surface area (Å²) in [6, 6.07) is 12.4. The summed E-state index contributed by atoms with van der Waals surface area (Å²) in [5, 5.41) is 15.5. The predicted molar refractivity (Wildman–Crippen MR) is 111 cm³/mol. The molecule has 0 saturated heterocycles. The monoisotopic (exact) mass is 403 g/mol. The molecule has 7 heteroatoms. The van der Waals surface area contributed by atoms with E-state index in [1.807, 2.05) is 6.07 Å². The number of nitrogens with zero attached hydrogens (tertiary/aromatic N) is 1. The molecule has 0 aromatic heterocycles. The standard InChI is InChI=1S/C20H19Cl2N3O2/c1-13(10-11-16-17(21)8-5-9-18(16)22)25-27-12-14-6-3-4-7-15(14)19(23)20(26)24-2/h3-11,23H,12H2,1-2H3,(H,24,26)/b11-10+,23-19?,25-13?. The number of oxime groups is 1. The van der Waals surface area contributed by atoms with E-state index in [4.69, 9.17) is 33.4 Å². The lowest BCUT2D eigenvalue weighted by Crippen LogP contribution is -2.28. The van der Waals surface area contributed by atoms with Crippen LogP contribution in [0.2, 0.25) is 10.0 Å². The largest absolute Gasteiger partial charge is 0.391 e. The number of allylic oxidation sites excluding steroid dienone is 1. The van der Waals surface area contributed by atoms with Gasteiger partial charge < -0.3 is 10.2 Å². The maximum Gasteiger partial charge on any atom is 0.269 e. The Hall–Kier alpha value is -2.63. The molecule has 0 spiro atoms. The number of likely N-dealkylation sites (N-methyl/N-ethyl adjacent to an activating group) is 1. The Balaban J connectivity index is 2.06. The van der Waals surface area contributed by atoms with Crippen LogP contribution in [0, 0.1) is 5.41 Å². The van der Waals surface area contributed by atoms with Crippen molar-refractivity contribution in [2.75, 3.05) is 7.05 Å². The zero-order chi connectivity index (χ0) is 19.8. The number of hydrogen-bond acceptors (Lipinski definition) is 4. The molecule has 0 unspecified atom stereocenters. The Bertz CT molecular complexity index is 888. The van der Waals surface area contributed by atoms with Crippen LogP contribution in [0.25, 0.3) is 6.08 Å². The van der Waals surface area contributed by atoms with E-state index in [0.717, 1.165) is 0 Å². The van der Waals surface area contributed by atoms with Crippen molar-refractivity contribution in [1.29, 1.82) is 5.41 Å². The highest BCUT2D eigenvalue weighted by Crippen LogP contribution is 2.25. The van der Waals surface area contributed by atoms with Gasteiger partial charge in [0.1, 0.15) is 12.3 Å². The molecule has 140 valence electrons. The van der Waals surface area contributed by atoms with Crippen LogP contribution >= 0.6 is 23.2 Å². The molecule has 27 heavy (non-hydrogen) atoms. The Labute approximate surface area is 168 Å². The van der Waals surface area contributed by atoms with Crippen molar-refractivity contribution >= 4 is 46.6 Å². The van der Waals surface area contributed by atoms with Crippen LogP contribution in [0.4, 0.5) is 0 Å². The minimum Gasteiger partial charge on any atom is -0.391 e. The molecule has 0 aliphatic heterocycles. The lowest BCUT2D eigenvalue weighted by atomic mass is 10.0. The topological polar surface area (TPSA) is 74.5 Å². The van der Waals surface area contributed by atoms with Gasteiger partial charge in [0.25, 0.3) is 5.91 Å². The predicted octanol–water partition coefficient (Wildman–Crippen LogP) is 4.71. The molecule has 0 bridgehead atoms. The summed E-state index contributed by atoms with van der Waals surface area (Å²) < 4.78 is 0. The Morgan fingerprint density at radius 2 is 1.85 bits per heavy atom. The number of carbonyl (C=O) groups excluding carboxylic acids is 1. The summed E-state index contributed by atoms with van der Waals surface area (Å²) >= 11 is 12.2. The van der Waals surface area contributed by atoms with E-state index in [1.165, 1.54) is 7.05 Å². The summed E-state index contributed by atoms with van der Waals surface area (Å²) in [7, 11) is 1.49. The maximum atomic E-state index is 11.7. The van der Waals surface area contributed by atoms with Gasteiger partial charge in [-0.25, -0.2) is 0 Å². The van der Waals surface area contributed by atoms with Gasteiger partial charge in [0, 0.05) is 33.8 Å². The zero-order valence-corrected chi connectivity index (χ0v) is 16.4. The number of amides is 1. The fourth-order valence-electron chi connectivity index (χ4n) is 2.25. The second-order valence-corrected chi connectivity index (χ2v) is 6.40. The van der Waals surface area contributed by atoms with Gasteiger partial charge >= 0.3 is 0 Å². The average molecular weight is 404 g/mol.